The van der Waals surface area contributed by atoms with E-state index in [1.54, 1.807) is 0 Å². The van der Waals surface area contributed by atoms with Crippen molar-refractivity contribution in [3.05, 3.63) is 0 Å². The fourth-order valence-electron chi connectivity index (χ4n) is 11.2. The predicted octanol–water partition coefficient (Wildman–Crippen LogP) is -14.9. The Morgan fingerprint density at radius 3 is 0.596 bits per heavy atom. The van der Waals surface area contributed by atoms with Crippen LogP contribution in [0.15, 0.2) is 0 Å². The van der Waals surface area contributed by atoms with Gasteiger partial charge in [0.05, 0.1) is 45.2 Å². The molecule has 14 unspecified atom stereocenters. The summed E-state index contributed by atoms with van der Waals surface area (Å²) in [4.78, 5) is 23.2. The third-order valence-electron chi connectivity index (χ3n) is 16.2. The van der Waals surface area contributed by atoms with Crippen LogP contribution < -0.4 is 11.5 Å². The lowest BCUT2D eigenvalue weighted by Crippen LogP contribution is -2.68. The summed E-state index contributed by atoms with van der Waals surface area (Å²) < 4.78 is 81.6. The number of carboxylic acids is 2. The van der Waals surface area contributed by atoms with Crippen molar-refractivity contribution >= 4 is 35.5 Å². The van der Waals surface area contributed by atoms with Gasteiger partial charge in [-0.2, -0.15) is 23.5 Å². The van der Waals surface area contributed by atoms with E-state index in [9.17, 15) is 117 Å². The van der Waals surface area contributed by atoms with Gasteiger partial charge >= 0.3 is 11.9 Å². The van der Waals surface area contributed by atoms with E-state index in [1.807, 2.05) is 0 Å². The zero-order chi connectivity index (χ0) is 65.2. The Balaban J connectivity index is 1.11. The van der Waals surface area contributed by atoms with Gasteiger partial charge in [-0.3, -0.25) is 9.59 Å². The zero-order valence-corrected chi connectivity index (χ0v) is 48.3. The summed E-state index contributed by atoms with van der Waals surface area (Å²) >= 11 is 1.60. The van der Waals surface area contributed by atoms with Crippen LogP contribution in [0.3, 0.4) is 0 Å². The van der Waals surface area contributed by atoms with Crippen molar-refractivity contribution in [1.29, 1.82) is 0 Å². The molecule has 21 aliphatic rings. The van der Waals surface area contributed by atoms with E-state index in [0.717, 1.165) is 23.5 Å². The first-order valence-corrected chi connectivity index (χ1v) is 30.4. The number of ether oxygens (including phenoxy) is 14. The van der Waals surface area contributed by atoms with Gasteiger partial charge in [0.15, 0.2) is 44.0 Å². The molecule has 14 bridgehead atoms. The summed E-state index contributed by atoms with van der Waals surface area (Å²) in [5.74, 6) is -4.26. The Bertz CT molecular complexity index is 2200. The maximum atomic E-state index is 11.7. The number of hydrogen-bond donors (Lipinski definition) is 23. The third kappa shape index (κ3) is 15.9. The molecule has 0 aromatic rings. The van der Waals surface area contributed by atoms with E-state index in [4.69, 9.17) is 77.8 Å². The second-order valence-electron chi connectivity index (χ2n) is 22.3. The fourth-order valence-corrected chi connectivity index (χ4v) is 13.2. The number of aliphatic hydroxyl groups is 19. The van der Waals surface area contributed by atoms with Crippen molar-refractivity contribution in [2.45, 2.75) is 227 Å². The van der Waals surface area contributed by atoms with Gasteiger partial charge in [0, 0.05) is 23.0 Å². The Morgan fingerprint density at radius 2 is 0.438 bits per heavy atom. The van der Waals surface area contributed by atoms with Crippen molar-refractivity contribution in [2.24, 2.45) is 11.5 Å². The number of carboxylic acid groups (broad SMARTS) is 2. The van der Waals surface area contributed by atoms with Crippen molar-refractivity contribution < 1.29 is 183 Å². The van der Waals surface area contributed by atoms with Crippen LogP contribution in [-0.2, 0) is 75.9 Å². The van der Waals surface area contributed by atoms with E-state index >= 15 is 0 Å². The number of nitrogens with two attached hydrogens (primary N) is 2. The average molecular weight is 1340 g/mol. The lowest BCUT2D eigenvalue weighted by Gasteiger charge is -2.50. The van der Waals surface area contributed by atoms with Gasteiger partial charge < -0.3 is 185 Å². The standard InChI is InChI=1S/C48H80N2O37S2/c49-10(40(70)71)6-88-8-17-38-25(62)32(69)48(80-17)85-37-16(5-55)76-44(28(65)21(37)58)83-35-14(3-53)78-46(30(67)23(35)60)87-39-18(9-89-7-11(50)41(72)73)79-47(31(68)24(39)61)84-36-15(4-54)75-43(27(64)20(36)57)81-33-12(1-51)74-42(26(63)19(33)56)82-34-13(2-52)77-45(86-38)29(66)22(34)59/h10-39,42-48,51-69H,1-9,49-50H2,(H,70,71)(H,72,73)/t10-,11-,12?,13?,14?,15?,16?,17?,18?,19-,20-,21-,22-,23-,24-,25-,26?,27?,28?,29?,30?,31?,32?,33-,34-,35-,36-,37-,38+,39-,42+,43-,44+,45+,46+,47+,48-/m1/s1. The molecular formula is C48H80N2O37S2. The van der Waals surface area contributed by atoms with Crippen LogP contribution in [0.4, 0.5) is 0 Å². The molecule has 37 atom stereocenters. The molecule has 21 aliphatic heterocycles. The minimum atomic E-state index is -2.27. The summed E-state index contributed by atoms with van der Waals surface area (Å²) in [6.07, 6.45) is -71.4. The summed E-state index contributed by atoms with van der Waals surface area (Å²) in [6.45, 7) is -5.43. The topological polar surface area (TPSA) is 640 Å². The molecule has 21 heterocycles. The monoisotopic (exact) mass is 1340 g/mol. The molecule has 21 saturated heterocycles. The van der Waals surface area contributed by atoms with Crippen LogP contribution in [0.2, 0.25) is 0 Å². The Morgan fingerprint density at radius 1 is 0.281 bits per heavy atom. The highest BCUT2D eigenvalue weighted by molar-refractivity contribution is 7.99. The molecule has 25 N–H and O–H groups in total. The van der Waals surface area contributed by atoms with Crippen LogP contribution in [-0.4, -0.2) is 402 Å². The highest BCUT2D eigenvalue weighted by atomic mass is 32.2. The first-order valence-electron chi connectivity index (χ1n) is 28.1. The smallest absolute Gasteiger partial charge is 0.321 e. The molecule has 0 amide bonds. The Kier molecular flexibility index (Phi) is 26.2. The fraction of sp³-hybridized carbons (Fsp3) is 0.958. The highest BCUT2D eigenvalue weighted by Gasteiger charge is 2.60. The minimum absolute atomic E-state index is 0.319. The normalized spacial score (nSPS) is 50.1. The van der Waals surface area contributed by atoms with E-state index in [-0.39, 0.29) is 11.5 Å². The number of hydrogen-bond acceptors (Lipinski definition) is 39. The number of aliphatic carboxylic acids is 2. The zero-order valence-electron chi connectivity index (χ0n) is 46.6. The van der Waals surface area contributed by atoms with E-state index < -0.39 is 284 Å². The van der Waals surface area contributed by atoms with Crippen molar-refractivity contribution in [2.75, 3.05) is 56.0 Å². The van der Waals surface area contributed by atoms with Crippen molar-refractivity contribution in [3.8, 4) is 0 Å². The number of thioether (sulfide) groups is 2. The van der Waals surface area contributed by atoms with Gasteiger partial charge in [0.2, 0.25) is 0 Å². The first kappa shape index (κ1) is 73.1. The first-order chi connectivity index (χ1) is 42.2. The van der Waals surface area contributed by atoms with Crippen LogP contribution in [0, 0.1) is 0 Å². The van der Waals surface area contributed by atoms with E-state index in [0.29, 0.717) is 0 Å². The molecule has 0 aliphatic carbocycles. The number of aliphatic hydroxyl groups excluding tert-OH is 19. The number of carbonyl (C=O) groups is 2. The summed E-state index contributed by atoms with van der Waals surface area (Å²) in [5, 5.41) is 233. The van der Waals surface area contributed by atoms with E-state index in [2.05, 4.69) is 0 Å². The molecule has 89 heavy (non-hydrogen) atoms. The predicted molar refractivity (Wildman–Crippen MR) is 280 cm³/mol. The molecule has 0 spiro atoms. The average Bonchev–Trinajstić information content (AvgIpc) is 0.884. The minimum Gasteiger partial charge on any atom is -0.480 e. The number of rotatable bonds is 15. The highest BCUT2D eigenvalue weighted by Crippen LogP contribution is 2.40. The molecule has 0 radical (unpaired) electrons. The second-order valence-corrected chi connectivity index (χ2v) is 24.4. The van der Waals surface area contributed by atoms with Crippen LogP contribution in [0.25, 0.3) is 0 Å². The molecule has 21 fully saturated rings. The molecular weight excluding hydrogens is 1260 g/mol. The lowest BCUT2D eigenvalue weighted by atomic mass is 9.95. The lowest BCUT2D eigenvalue weighted by molar-refractivity contribution is -0.395. The van der Waals surface area contributed by atoms with Gasteiger partial charge in [0.25, 0.3) is 0 Å². The third-order valence-corrected chi connectivity index (χ3v) is 18.5. The van der Waals surface area contributed by atoms with E-state index in [1.165, 1.54) is 0 Å². The summed E-state index contributed by atoms with van der Waals surface area (Å²) in [7, 11) is 0. The molecule has 516 valence electrons. The molecule has 0 aromatic carbocycles. The van der Waals surface area contributed by atoms with Gasteiger partial charge in [-0.15, -0.1) is 0 Å². The maximum Gasteiger partial charge on any atom is 0.321 e. The van der Waals surface area contributed by atoms with Gasteiger partial charge in [0.1, 0.15) is 171 Å². The van der Waals surface area contributed by atoms with Gasteiger partial charge in [-0.25, -0.2) is 0 Å². The van der Waals surface area contributed by atoms with Gasteiger partial charge in [-0.05, 0) is 0 Å². The Hall–Kier alpha value is -1.76. The largest absolute Gasteiger partial charge is 0.480 e. The summed E-state index contributed by atoms with van der Waals surface area (Å²) in [5.41, 5.74) is 11.4. The van der Waals surface area contributed by atoms with Crippen LogP contribution in [0.5, 0.6) is 0 Å². The quantitative estimate of drug-likeness (QED) is 0.0724. The summed E-state index contributed by atoms with van der Waals surface area (Å²) in [6, 6.07) is -2.94. The van der Waals surface area contributed by atoms with Crippen LogP contribution >= 0.6 is 23.5 Å². The molecule has 21 rings (SSSR count). The van der Waals surface area contributed by atoms with Crippen molar-refractivity contribution in [1.82, 2.24) is 0 Å². The van der Waals surface area contributed by atoms with Crippen LogP contribution in [0.1, 0.15) is 0 Å². The molecule has 41 heteroatoms. The molecule has 0 saturated carbocycles. The SMILES string of the molecule is N[C@H](CSCC1O[C@H]2O[C@@H]3C(CO)O[C@H](O[C@@H]4C(CO)O[C@@H](O[C@@H]5C(CO)O[C@@H](O[C@H]6C(CSC[C@@H](N)C(=O)O)O[C@H](O[C@@H]7C(CO)O[C@@H](O[C@@H]8C(CO)O[C@@H](O[C@H]1[C@H](O)C2O)C(O)[C@H]8O)C(O)[C@H]7O)C(O)[C@H]6O)C(O)[C@H]5O)C(O)[C@H]4O)C(O)[C@H]3O)C(=O)O. The maximum absolute atomic E-state index is 11.7. The second kappa shape index (κ2) is 31.9. The van der Waals surface area contributed by atoms with Crippen molar-refractivity contribution in [3.63, 3.8) is 0 Å². The van der Waals surface area contributed by atoms with Gasteiger partial charge in [-0.1, -0.05) is 0 Å². The molecule has 39 nitrogen and oxygen atoms in total. The Labute approximate surface area is 511 Å². The molecule has 0 aromatic heterocycles.